The zero-order valence-corrected chi connectivity index (χ0v) is 24.3. The smallest absolute Gasteiger partial charge is 0.265 e. The number of halogens is 1. The van der Waals surface area contributed by atoms with Crippen molar-refractivity contribution in [2.24, 2.45) is 0 Å². The molecule has 2 fully saturated rings. The molecule has 0 aromatic heterocycles. The zero-order chi connectivity index (χ0) is 29.0. The van der Waals surface area contributed by atoms with Crippen molar-refractivity contribution in [2.75, 3.05) is 33.1 Å². The molecule has 2 saturated carbocycles. The van der Waals surface area contributed by atoms with Gasteiger partial charge < -0.3 is 15.0 Å². The molecule has 1 amide bonds. The molecule has 2 aliphatic carbocycles. The Balaban J connectivity index is 1.58. The Morgan fingerprint density at radius 2 is 1.80 bits per heavy atom. The van der Waals surface area contributed by atoms with E-state index in [1.54, 1.807) is 0 Å². The highest BCUT2D eigenvalue weighted by Crippen LogP contribution is 2.52. The summed E-state index contributed by atoms with van der Waals surface area (Å²) in [6.45, 7) is 0.756. The molecule has 1 atom stereocenters. The minimum atomic E-state index is -4.44. The van der Waals surface area contributed by atoms with E-state index in [1.807, 2.05) is 38.4 Å². The van der Waals surface area contributed by atoms with E-state index in [0.29, 0.717) is 19.3 Å². The lowest BCUT2D eigenvalue weighted by molar-refractivity contribution is -0.145. The van der Waals surface area contributed by atoms with Gasteiger partial charge in [-0.05, 0) is 82.3 Å². The summed E-state index contributed by atoms with van der Waals surface area (Å²) in [7, 11) is 0.891. The first-order valence-electron chi connectivity index (χ1n) is 13.9. The number of carbonyl (C=O) groups excluding carboxylic acids is 1. The molecular weight excluding hydrogens is 531 g/mol. The molecule has 0 spiro atoms. The van der Waals surface area contributed by atoms with Gasteiger partial charge in [0.2, 0.25) is 0 Å². The van der Waals surface area contributed by atoms with Crippen LogP contribution in [0.25, 0.3) is 0 Å². The predicted octanol–water partition coefficient (Wildman–Crippen LogP) is 4.71. The van der Waals surface area contributed by atoms with E-state index >= 15 is 4.39 Å². The minimum absolute atomic E-state index is 0.00148. The summed E-state index contributed by atoms with van der Waals surface area (Å²) in [4.78, 5) is 14.6. The van der Waals surface area contributed by atoms with Crippen LogP contribution in [0.5, 0.6) is 0 Å². The second kappa shape index (κ2) is 12.2. The average Bonchev–Trinajstić information content (AvgIpc) is 3.73. The maximum Gasteiger partial charge on any atom is 0.265 e. The monoisotopic (exact) mass is 570 g/mol. The quantitative estimate of drug-likeness (QED) is 0.380. The van der Waals surface area contributed by atoms with Gasteiger partial charge in [0, 0.05) is 13.2 Å². The molecule has 216 valence electrons. The normalized spacial score (nSPS) is 18.5. The van der Waals surface area contributed by atoms with E-state index in [9.17, 15) is 18.5 Å². The molecule has 40 heavy (non-hydrogen) atoms. The van der Waals surface area contributed by atoms with Crippen molar-refractivity contribution in [1.29, 1.82) is 5.26 Å². The lowest BCUT2D eigenvalue weighted by Crippen LogP contribution is -2.51. The van der Waals surface area contributed by atoms with Crippen LogP contribution < -0.4 is 10.0 Å². The van der Waals surface area contributed by atoms with Crippen molar-refractivity contribution in [2.45, 2.75) is 79.7 Å². The van der Waals surface area contributed by atoms with E-state index in [0.717, 1.165) is 57.2 Å². The van der Waals surface area contributed by atoms with E-state index in [4.69, 9.17) is 4.74 Å². The van der Waals surface area contributed by atoms with Gasteiger partial charge in [0.05, 0.1) is 16.1 Å². The molecule has 4 rings (SSSR count). The van der Waals surface area contributed by atoms with Crippen LogP contribution >= 0.6 is 0 Å². The SMILES string of the molecule is COC1(C(=O)NS(=O)(=O)c2cc(F)c(N[C@H](CCN(C)C)CC3(c4ccccc4)CC3)c(C#N)c2)CCCCC1. The molecule has 2 aromatic rings. The van der Waals surface area contributed by atoms with Gasteiger partial charge in [0.25, 0.3) is 15.9 Å². The highest BCUT2D eigenvalue weighted by molar-refractivity contribution is 7.90. The number of nitrogens with one attached hydrogen (secondary N) is 2. The summed E-state index contributed by atoms with van der Waals surface area (Å²) < 4.78 is 49.4. The van der Waals surface area contributed by atoms with E-state index < -0.39 is 32.2 Å². The third kappa shape index (κ3) is 6.65. The largest absolute Gasteiger partial charge is 0.379 e. The lowest BCUT2D eigenvalue weighted by atomic mass is 9.84. The van der Waals surface area contributed by atoms with Crippen molar-refractivity contribution in [1.82, 2.24) is 9.62 Å². The van der Waals surface area contributed by atoms with Crippen LogP contribution in [0.3, 0.4) is 0 Å². The van der Waals surface area contributed by atoms with Crippen molar-refractivity contribution >= 4 is 21.6 Å². The zero-order valence-electron chi connectivity index (χ0n) is 23.5. The highest BCUT2D eigenvalue weighted by Gasteiger charge is 2.46. The van der Waals surface area contributed by atoms with Crippen LogP contribution in [0.2, 0.25) is 0 Å². The van der Waals surface area contributed by atoms with Crippen molar-refractivity contribution in [3.05, 3.63) is 59.4 Å². The van der Waals surface area contributed by atoms with Crippen LogP contribution in [0.1, 0.15) is 68.9 Å². The number of nitrogens with zero attached hydrogens (tertiary/aromatic N) is 2. The Kier molecular flexibility index (Phi) is 9.18. The molecule has 0 unspecified atom stereocenters. The predicted molar refractivity (Wildman–Crippen MR) is 152 cm³/mol. The summed E-state index contributed by atoms with van der Waals surface area (Å²) in [5.74, 6) is -1.62. The van der Waals surface area contributed by atoms with Gasteiger partial charge in [-0.1, -0.05) is 49.6 Å². The molecule has 2 N–H and O–H groups in total. The number of benzene rings is 2. The Morgan fingerprint density at radius 3 is 2.38 bits per heavy atom. The molecule has 2 aromatic carbocycles. The van der Waals surface area contributed by atoms with Gasteiger partial charge in [0.1, 0.15) is 17.5 Å². The fourth-order valence-corrected chi connectivity index (χ4v) is 6.84. The second-order valence-electron chi connectivity index (χ2n) is 11.4. The minimum Gasteiger partial charge on any atom is -0.379 e. The van der Waals surface area contributed by atoms with E-state index in [-0.39, 0.29) is 22.7 Å². The number of sulfonamides is 1. The topological polar surface area (TPSA) is 112 Å². The number of amides is 1. The lowest BCUT2D eigenvalue weighted by Gasteiger charge is -2.34. The van der Waals surface area contributed by atoms with Gasteiger partial charge in [-0.25, -0.2) is 17.5 Å². The number of ether oxygens (including phenoxy) is 1. The Labute approximate surface area is 236 Å². The molecular formula is C30H39FN4O4S. The van der Waals surface area contributed by atoms with Gasteiger partial charge in [-0.15, -0.1) is 0 Å². The third-order valence-corrected chi connectivity index (χ3v) is 9.65. The number of nitriles is 1. The maximum absolute atomic E-state index is 15.6. The van der Waals surface area contributed by atoms with Crippen LogP contribution in [0.4, 0.5) is 10.1 Å². The summed E-state index contributed by atoms with van der Waals surface area (Å²) >= 11 is 0. The van der Waals surface area contributed by atoms with E-state index in [1.165, 1.54) is 12.7 Å². The fourth-order valence-electron chi connectivity index (χ4n) is 5.76. The van der Waals surface area contributed by atoms with Crippen molar-refractivity contribution in [3.8, 4) is 6.07 Å². The van der Waals surface area contributed by atoms with Gasteiger partial charge in [-0.3, -0.25) is 4.79 Å². The van der Waals surface area contributed by atoms with Crippen molar-refractivity contribution in [3.63, 3.8) is 0 Å². The van der Waals surface area contributed by atoms with Gasteiger partial charge in [0.15, 0.2) is 0 Å². The Morgan fingerprint density at radius 1 is 1.12 bits per heavy atom. The molecule has 8 nitrogen and oxygen atoms in total. The number of anilines is 1. The summed E-state index contributed by atoms with van der Waals surface area (Å²) in [6.07, 6.45) is 6.78. The first-order valence-corrected chi connectivity index (χ1v) is 15.4. The molecule has 0 radical (unpaired) electrons. The number of hydrogen-bond acceptors (Lipinski definition) is 7. The standard InChI is InChI=1S/C30H39FN4O4S/c1-35(2)17-12-24(20-29(15-16-29)23-10-6-4-7-11-23)33-27-22(21-32)18-25(19-26(27)31)40(37,38)34-28(36)30(39-3)13-8-5-9-14-30/h4,6-7,10-11,18-19,24,33H,5,8-9,12-17,20H2,1-3H3,(H,34,36)/t24-/m1/s1. The van der Waals surface area contributed by atoms with Crippen LogP contribution in [-0.4, -0.2) is 58.6 Å². The summed E-state index contributed by atoms with van der Waals surface area (Å²) in [5.41, 5.74) is -0.150. The summed E-state index contributed by atoms with van der Waals surface area (Å²) in [5, 5.41) is 13.1. The molecule has 0 bridgehead atoms. The Bertz CT molecular complexity index is 1350. The maximum atomic E-state index is 15.6. The Hall–Kier alpha value is -3.00. The molecule has 0 heterocycles. The number of carbonyl (C=O) groups is 1. The molecule has 10 heteroatoms. The molecule has 0 saturated heterocycles. The molecule has 2 aliphatic rings. The van der Waals surface area contributed by atoms with Crippen LogP contribution in [0.15, 0.2) is 47.4 Å². The summed E-state index contributed by atoms with van der Waals surface area (Å²) in [6, 6.07) is 14.0. The van der Waals surface area contributed by atoms with Crippen LogP contribution in [-0.2, 0) is 25.0 Å². The first-order chi connectivity index (χ1) is 19.0. The fraction of sp³-hybridized carbons (Fsp3) is 0.533. The number of methoxy groups -OCH3 is 1. The van der Waals surface area contributed by atoms with Crippen molar-refractivity contribution < 1.29 is 22.3 Å². The van der Waals surface area contributed by atoms with Crippen LogP contribution in [0, 0.1) is 17.1 Å². The van der Waals surface area contributed by atoms with E-state index in [2.05, 4.69) is 27.1 Å². The first kappa shape index (κ1) is 30.0. The number of rotatable bonds is 12. The molecule has 0 aliphatic heterocycles. The third-order valence-electron chi connectivity index (χ3n) is 8.34. The average molecular weight is 571 g/mol. The van der Waals surface area contributed by atoms with Gasteiger partial charge >= 0.3 is 0 Å². The second-order valence-corrected chi connectivity index (χ2v) is 13.1. The number of hydrogen-bond donors (Lipinski definition) is 2. The highest BCUT2D eigenvalue weighted by atomic mass is 32.2. The van der Waals surface area contributed by atoms with Gasteiger partial charge in [-0.2, -0.15) is 5.26 Å².